The second kappa shape index (κ2) is 13.2. The molecule has 8 nitrogen and oxygen atoms in total. The van der Waals surface area contributed by atoms with Gasteiger partial charge in [-0.25, -0.2) is 9.78 Å². The zero-order valence-corrected chi connectivity index (χ0v) is 23.6. The van der Waals surface area contributed by atoms with Gasteiger partial charge in [-0.15, -0.1) is 0 Å². The predicted octanol–water partition coefficient (Wildman–Crippen LogP) is 6.38. The van der Waals surface area contributed by atoms with Crippen LogP contribution in [0.3, 0.4) is 0 Å². The maximum Gasteiger partial charge on any atom is 0.350 e. The largest absolute Gasteiger partial charge is 0.503 e. The highest BCUT2D eigenvalue weighted by atomic mass is 32.1. The smallest absolute Gasteiger partial charge is 0.350 e. The highest BCUT2D eigenvalue weighted by molar-refractivity contribution is 7.17. The first-order valence-corrected chi connectivity index (χ1v) is 14.1. The van der Waals surface area contributed by atoms with Crippen LogP contribution in [0.4, 0.5) is 5.13 Å². The lowest BCUT2D eigenvalue weighted by Crippen LogP contribution is -2.30. The van der Waals surface area contributed by atoms with Gasteiger partial charge in [-0.05, 0) is 49.6 Å². The van der Waals surface area contributed by atoms with Gasteiger partial charge in [-0.3, -0.25) is 14.5 Å². The van der Waals surface area contributed by atoms with E-state index in [2.05, 4.69) is 11.9 Å². The van der Waals surface area contributed by atoms with E-state index in [0.717, 1.165) is 36.2 Å². The Morgan fingerprint density at radius 1 is 1.10 bits per heavy atom. The Morgan fingerprint density at radius 2 is 1.88 bits per heavy atom. The summed E-state index contributed by atoms with van der Waals surface area (Å²) in [5.41, 5.74) is 1.67. The fourth-order valence-electron chi connectivity index (χ4n) is 4.38. The number of anilines is 1. The molecule has 9 heteroatoms. The number of unbranched alkanes of at least 4 members (excludes halogenated alkanes) is 2. The molecule has 1 aromatic heterocycles. The van der Waals surface area contributed by atoms with E-state index >= 15 is 0 Å². The van der Waals surface area contributed by atoms with Crippen molar-refractivity contribution < 1.29 is 29.0 Å². The third kappa shape index (κ3) is 6.31. The Hall–Kier alpha value is -4.24. The van der Waals surface area contributed by atoms with Crippen LogP contribution in [-0.4, -0.2) is 41.0 Å². The minimum atomic E-state index is -0.986. The molecule has 4 rings (SSSR count). The number of amides is 1. The van der Waals surface area contributed by atoms with Gasteiger partial charge < -0.3 is 14.6 Å². The fraction of sp³-hybridized carbons (Fsp3) is 0.290. The van der Waals surface area contributed by atoms with Crippen LogP contribution in [0, 0.1) is 6.92 Å². The molecule has 0 aliphatic carbocycles. The Kier molecular flexibility index (Phi) is 9.50. The van der Waals surface area contributed by atoms with Crippen molar-refractivity contribution in [1.29, 1.82) is 0 Å². The molecule has 1 unspecified atom stereocenters. The van der Waals surface area contributed by atoms with Gasteiger partial charge in [0.25, 0.3) is 5.91 Å². The molecule has 0 fully saturated rings. The maximum absolute atomic E-state index is 13.5. The highest BCUT2D eigenvalue weighted by Crippen LogP contribution is 2.43. The Labute approximate surface area is 237 Å². The number of aliphatic hydroxyl groups excluding tert-OH is 1. The van der Waals surface area contributed by atoms with Gasteiger partial charge in [-0.1, -0.05) is 79.6 Å². The average Bonchev–Trinajstić information content (AvgIpc) is 3.47. The van der Waals surface area contributed by atoms with Crippen molar-refractivity contribution in [1.82, 2.24) is 4.98 Å². The third-order valence-electron chi connectivity index (χ3n) is 6.34. The summed E-state index contributed by atoms with van der Waals surface area (Å²) in [7, 11) is 0. The van der Waals surface area contributed by atoms with E-state index in [9.17, 15) is 19.5 Å². The number of hydrogen-bond donors (Lipinski definition) is 1. The van der Waals surface area contributed by atoms with E-state index in [-0.39, 0.29) is 22.2 Å². The summed E-state index contributed by atoms with van der Waals surface area (Å²) in [6, 6.07) is 15.4. The number of thiazole rings is 1. The van der Waals surface area contributed by atoms with Crippen molar-refractivity contribution >= 4 is 40.2 Å². The summed E-state index contributed by atoms with van der Waals surface area (Å²) in [6.45, 7) is 6.19. The number of rotatable bonds is 12. The van der Waals surface area contributed by atoms with Gasteiger partial charge >= 0.3 is 5.97 Å². The molecule has 0 bridgehead atoms. The molecule has 2 heterocycles. The van der Waals surface area contributed by atoms with Crippen LogP contribution >= 0.6 is 11.3 Å². The van der Waals surface area contributed by atoms with Gasteiger partial charge in [0.05, 0.1) is 30.5 Å². The molecule has 208 valence electrons. The molecule has 0 saturated heterocycles. The van der Waals surface area contributed by atoms with Crippen molar-refractivity contribution in [2.45, 2.75) is 46.1 Å². The first kappa shape index (κ1) is 28.8. The second-order valence-corrected chi connectivity index (χ2v) is 10.2. The molecule has 0 saturated carbocycles. The van der Waals surface area contributed by atoms with Crippen molar-refractivity contribution in [2.24, 2.45) is 0 Å². The molecular weight excluding hydrogens is 528 g/mol. The van der Waals surface area contributed by atoms with Gasteiger partial charge in [0.2, 0.25) is 0 Å². The van der Waals surface area contributed by atoms with Crippen LogP contribution in [0.25, 0.3) is 6.08 Å². The molecule has 1 amide bonds. The predicted molar refractivity (Wildman–Crippen MR) is 155 cm³/mol. The fourth-order valence-corrected chi connectivity index (χ4v) is 5.37. The number of aliphatic hydroxyl groups is 1. The van der Waals surface area contributed by atoms with Gasteiger partial charge in [0.15, 0.2) is 16.7 Å². The highest BCUT2D eigenvalue weighted by Gasteiger charge is 2.45. The summed E-state index contributed by atoms with van der Waals surface area (Å²) in [5, 5.41) is 11.2. The number of ether oxygens (including phenoxy) is 2. The molecule has 1 atom stereocenters. The zero-order valence-electron chi connectivity index (χ0n) is 22.8. The first-order chi connectivity index (χ1) is 19.3. The van der Waals surface area contributed by atoms with Crippen LogP contribution in [-0.2, 0) is 14.3 Å². The Bertz CT molecular complexity index is 1440. The lowest BCUT2D eigenvalue weighted by atomic mass is 9.95. The third-order valence-corrected chi connectivity index (χ3v) is 7.48. The monoisotopic (exact) mass is 560 g/mol. The number of esters is 1. The Balaban J connectivity index is 1.75. The first-order valence-electron chi connectivity index (χ1n) is 13.3. The molecule has 2 aromatic carbocycles. The van der Waals surface area contributed by atoms with Crippen LogP contribution < -0.4 is 9.64 Å². The van der Waals surface area contributed by atoms with E-state index < -0.39 is 29.5 Å². The number of carbonyl (C=O) groups excluding carboxylic acids is 3. The number of nitrogens with zero attached hydrogens (tertiary/aromatic N) is 2. The number of allylic oxidation sites excluding steroid dienone is 1. The summed E-state index contributed by atoms with van der Waals surface area (Å²) < 4.78 is 11.1. The number of hydrogen-bond acceptors (Lipinski definition) is 8. The summed E-state index contributed by atoms with van der Waals surface area (Å²) in [5.74, 6) is -1.92. The van der Waals surface area contributed by atoms with Crippen molar-refractivity contribution in [3.63, 3.8) is 0 Å². The minimum Gasteiger partial charge on any atom is -0.503 e. The number of benzene rings is 2. The summed E-state index contributed by atoms with van der Waals surface area (Å²) in [4.78, 5) is 45.5. The van der Waals surface area contributed by atoms with Crippen LogP contribution in [0.15, 0.2) is 72.0 Å². The molecule has 0 radical (unpaired) electrons. The quantitative estimate of drug-likeness (QED) is 0.156. The molecule has 0 spiro atoms. The van der Waals surface area contributed by atoms with Crippen molar-refractivity contribution in [2.75, 3.05) is 18.1 Å². The molecule has 1 aliphatic heterocycles. The number of aryl methyl sites for hydroxylation is 1. The Morgan fingerprint density at radius 3 is 2.60 bits per heavy atom. The van der Waals surface area contributed by atoms with Crippen LogP contribution in [0.5, 0.6) is 5.75 Å². The lowest BCUT2D eigenvalue weighted by Gasteiger charge is -2.24. The van der Waals surface area contributed by atoms with E-state index in [1.54, 1.807) is 38.1 Å². The van der Waals surface area contributed by atoms with Gasteiger partial charge in [-0.2, -0.15) is 0 Å². The SMILES string of the molecule is CCCCCOc1cccc(C2C(C(=O)/C=C/c3ccccc3)=C(O)C(=O)N2c2nc(C)c(C(=O)OCC)s2)c1. The number of carbonyl (C=O) groups is 3. The van der Waals surface area contributed by atoms with Crippen LogP contribution in [0.1, 0.15) is 65.6 Å². The molecule has 1 N–H and O–H groups in total. The zero-order chi connectivity index (χ0) is 28.6. The van der Waals surface area contributed by atoms with E-state index in [1.807, 2.05) is 36.4 Å². The normalized spacial score (nSPS) is 15.2. The standard InChI is InChI=1S/C31H32N2O6S/c1-4-6-10-18-39-23-15-11-14-22(19-23)26-25(24(34)17-16-21-12-8-7-9-13-21)27(35)29(36)33(26)31-32-20(3)28(40-31)30(37)38-5-2/h7-9,11-17,19,26,35H,4-6,10,18H2,1-3H3/b17-16+. The molecule has 40 heavy (non-hydrogen) atoms. The second-order valence-electron chi connectivity index (χ2n) is 9.21. The van der Waals surface area contributed by atoms with Crippen molar-refractivity contribution in [3.8, 4) is 5.75 Å². The van der Waals surface area contributed by atoms with Gasteiger partial charge in [0, 0.05) is 0 Å². The molecular formula is C31H32N2O6S. The summed E-state index contributed by atoms with van der Waals surface area (Å²) in [6.07, 6.45) is 5.98. The van der Waals surface area contributed by atoms with E-state index in [1.165, 1.54) is 11.0 Å². The van der Waals surface area contributed by atoms with Crippen LogP contribution in [0.2, 0.25) is 0 Å². The number of ketones is 1. The number of aromatic nitrogens is 1. The molecule has 3 aromatic rings. The maximum atomic E-state index is 13.5. The topological polar surface area (TPSA) is 106 Å². The minimum absolute atomic E-state index is 0.0779. The lowest BCUT2D eigenvalue weighted by molar-refractivity contribution is -0.117. The molecule has 1 aliphatic rings. The van der Waals surface area contributed by atoms with E-state index in [0.29, 0.717) is 23.6 Å². The summed E-state index contributed by atoms with van der Waals surface area (Å²) >= 11 is 0.978. The average molecular weight is 561 g/mol. The van der Waals surface area contributed by atoms with Crippen molar-refractivity contribution in [3.05, 3.63) is 93.7 Å². The van der Waals surface area contributed by atoms with Gasteiger partial charge in [0.1, 0.15) is 10.6 Å². The van der Waals surface area contributed by atoms with E-state index in [4.69, 9.17) is 9.47 Å².